The number of hydrogen-bond donors (Lipinski definition) is 4. The van der Waals surface area contributed by atoms with Crippen LogP contribution in [-0.4, -0.2) is 86.6 Å². The number of likely N-dealkylation sites (N-methyl/N-ethyl adjacent to an activating group) is 1. The smallest absolute Gasteiger partial charge is 0.241 e. The molecule has 0 unspecified atom stereocenters. The summed E-state index contributed by atoms with van der Waals surface area (Å²) in [5.74, 6) is -1.16. The zero-order valence-corrected chi connectivity index (χ0v) is 27.1. The molecule has 1 heterocycles. The fourth-order valence-corrected chi connectivity index (χ4v) is 6.14. The van der Waals surface area contributed by atoms with E-state index in [0.29, 0.717) is 24.5 Å². The molecule has 1 aromatic carbocycles. The van der Waals surface area contributed by atoms with Gasteiger partial charge in [0.05, 0.1) is 30.4 Å². The minimum atomic E-state index is -1.13. The molecular formula is C34H53N5O5. The fraction of sp³-hybridized carbons (Fsp3) is 0.647. The Morgan fingerprint density at radius 1 is 1.02 bits per heavy atom. The topological polar surface area (TPSA) is 139 Å². The van der Waals surface area contributed by atoms with Crippen LogP contribution in [0.5, 0.6) is 0 Å². The van der Waals surface area contributed by atoms with Crippen LogP contribution in [0.2, 0.25) is 0 Å². The van der Waals surface area contributed by atoms with Gasteiger partial charge in [-0.25, -0.2) is 4.98 Å². The second-order valence-electron chi connectivity index (χ2n) is 13.1. The average Bonchev–Trinajstić information content (AvgIpc) is 3.52. The lowest BCUT2D eigenvalue weighted by atomic mass is 9.82. The molecule has 3 rings (SSSR count). The van der Waals surface area contributed by atoms with E-state index >= 15 is 0 Å². The number of amides is 3. The molecule has 0 bridgehead atoms. The molecule has 244 valence electrons. The van der Waals surface area contributed by atoms with Crippen LogP contribution in [0.4, 0.5) is 0 Å². The number of imidazole rings is 1. The molecule has 1 aliphatic rings. The number of aliphatic hydroxyl groups excluding tert-OH is 2. The lowest BCUT2D eigenvalue weighted by Crippen LogP contribution is -2.52. The molecule has 10 heteroatoms. The first-order valence-corrected chi connectivity index (χ1v) is 16.1. The van der Waals surface area contributed by atoms with Gasteiger partial charge in [0.1, 0.15) is 12.6 Å². The minimum absolute atomic E-state index is 0.120. The molecule has 1 saturated carbocycles. The van der Waals surface area contributed by atoms with E-state index in [1.54, 1.807) is 20.3 Å². The van der Waals surface area contributed by atoms with E-state index in [2.05, 4.69) is 15.3 Å². The molecule has 2 aromatic rings. The Hall–Kier alpha value is -3.24. The van der Waals surface area contributed by atoms with Gasteiger partial charge in [-0.3, -0.25) is 14.4 Å². The third-order valence-corrected chi connectivity index (χ3v) is 8.85. The monoisotopic (exact) mass is 611 g/mol. The van der Waals surface area contributed by atoms with E-state index in [0.717, 1.165) is 31.2 Å². The number of aromatic nitrogens is 2. The maximum absolute atomic E-state index is 14.0. The predicted octanol–water partition coefficient (Wildman–Crippen LogP) is 3.86. The number of carbonyl (C=O) groups is 3. The van der Waals surface area contributed by atoms with E-state index < -0.39 is 30.2 Å². The number of aliphatic hydroxyl groups is 2. The summed E-state index contributed by atoms with van der Waals surface area (Å²) in [6.07, 6.45) is 7.63. The zero-order chi connectivity index (χ0) is 32.2. The van der Waals surface area contributed by atoms with Crippen molar-refractivity contribution in [1.82, 2.24) is 25.1 Å². The highest BCUT2D eigenvalue weighted by atomic mass is 16.3. The Kier molecular flexibility index (Phi) is 13.9. The van der Waals surface area contributed by atoms with Gasteiger partial charge in [-0.1, -0.05) is 76.3 Å². The number of hydrogen-bond acceptors (Lipinski definition) is 6. The van der Waals surface area contributed by atoms with Crippen molar-refractivity contribution < 1.29 is 24.6 Å². The largest absolute Gasteiger partial charge is 0.390 e. The van der Waals surface area contributed by atoms with Crippen LogP contribution in [0.1, 0.15) is 89.4 Å². The minimum Gasteiger partial charge on any atom is -0.390 e. The molecule has 4 N–H and O–H groups in total. The standard InChI is InChI=1S/C34H53N5O5/c1-23(2)16-30(40)33(43)29(17-25-12-8-6-9-13-25)37-34(44)27(18-28-20-35-22-36-28)19-31(41)39(21-32(42)38(4)5)24(3)26-14-10-7-11-15-26/h7,10-11,14-15,20,22-25,27,29-30,33,40,43H,6,8-9,12-13,16-19,21H2,1-5H3,(H,35,36)(H,37,44)/t24-,27-,29-,30-,33+/m0/s1. The first-order valence-electron chi connectivity index (χ1n) is 16.1. The molecule has 0 spiro atoms. The second kappa shape index (κ2) is 17.3. The molecule has 0 aliphatic heterocycles. The van der Waals surface area contributed by atoms with Crippen LogP contribution in [-0.2, 0) is 20.8 Å². The van der Waals surface area contributed by atoms with Crippen LogP contribution in [0.25, 0.3) is 0 Å². The van der Waals surface area contributed by atoms with E-state index in [9.17, 15) is 24.6 Å². The summed E-state index contributed by atoms with van der Waals surface area (Å²) in [5.41, 5.74) is 1.59. The third kappa shape index (κ3) is 10.7. The van der Waals surface area contributed by atoms with Gasteiger partial charge in [-0.05, 0) is 37.2 Å². The Morgan fingerprint density at radius 2 is 1.70 bits per heavy atom. The average molecular weight is 612 g/mol. The predicted molar refractivity (Wildman–Crippen MR) is 170 cm³/mol. The summed E-state index contributed by atoms with van der Waals surface area (Å²) in [6, 6.07) is 8.47. The molecule has 1 aromatic heterocycles. The van der Waals surface area contributed by atoms with Crippen molar-refractivity contribution in [3.05, 3.63) is 54.1 Å². The van der Waals surface area contributed by atoms with Gasteiger partial charge in [0.2, 0.25) is 17.7 Å². The van der Waals surface area contributed by atoms with Crippen LogP contribution >= 0.6 is 0 Å². The van der Waals surface area contributed by atoms with E-state index in [4.69, 9.17) is 0 Å². The van der Waals surface area contributed by atoms with Gasteiger partial charge in [0.25, 0.3) is 0 Å². The van der Waals surface area contributed by atoms with Gasteiger partial charge in [-0.15, -0.1) is 0 Å². The Labute approximate surface area is 262 Å². The summed E-state index contributed by atoms with van der Waals surface area (Å²) in [4.78, 5) is 50.9. The Balaban J connectivity index is 1.86. The normalized spacial score (nSPS) is 17.4. The summed E-state index contributed by atoms with van der Waals surface area (Å²) in [5, 5.41) is 25.2. The highest BCUT2D eigenvalue weighted by molar-refractivity contribution is 5.89. The molecule has 10 nitrogen and oxygen atoms in total. The van der Waals surface area contributed by atoms with Crippen molar-refractivity contribution in [1.29, 1.82) is 0 Å². The summed E-state index contributed by atoms with van der Waals surface area (Å²) in [7, 11) is 3.30. The molecule has 44 heavy (non-hydrogen) atoms. The second-order valence-corrected chi connectivity index (χ2v) is 13.1. The van der Waals surface area contributed by atoms with Crippen LogP contribution in [0.15, 0.2) is 42.9 Å². The van der Waals surface area contributed by atoms with E-state index in [1.807, 2.05) is 51.1 Å². The quantitative estimate of drug-likeness (QED) is 0.227. The first-order chi connectivity index (χ1) is 21.0. The molecular weight excluding hydrogens is 558 g/mol. The molecule has 3 amide bonds. The van der Waals surface area contributed by atoms with E-state index in [1.165, 1.54) is 22.5 Å². The van der Waals surface area contributed by atoms with Crippen molar-refractivity contribution in [2.24, 2.45) is 17.8 Å². The lowest BCUT2D eigenvalue weighted by molar-refractivity contribution is -0.143. The Bertz CT molecular complexity index is 1150. The molecule has 1 fully saturated rings. The van der Waals surface area contributed by atoms with Gasteiger partial charge in [-0.2, -0.15) is 0 Å². The number of nitrogens with one attached hydrogen (secondary N) is 2. The van der Waals surface area contributed by atoms with Crippen molar-refractivity contribution in [2.45, 2.75) is 103 Å². The fourth-order valence-electron chi connectivity index (χ4n) is 6.14. The van der Waals surface area contributed by atoms with Crippen LogP contribution in [0, 0.1) is 17.8 Å². The maximum Gasteiger partial charge on any atom is 0.241 e. The van der Waals surface area contributed by atoms with Gasteiger partial charge in [0.15, 0.2) is 0 Å². The summed E-state index contributed by atoms with van der Waals surface area (Å²) in [6.45, 7) is 5.73. The maximum atomic E-state index is 14.0. The van der Waals surface area contributed by atoms with Crippen molar-refractivity contribution in [3.8, 4) is 0 Å². The summed E-state index contributed by atoms with van der Waals surface area (Å²) >= 11 is 0. The third-order valence-electron chi connectivity index (χ3n) is 8.85. The number of aromatic amines is 1. The van der Waals surface area contributed by atoms with Crippen LogP contribution < -0.4 is 5.32 Å². The van der Waals surface area contributed by atoms with Crippen LogP contribution in [0.3, 0.4) is 0 Å². The van der Waals surface area contributed by atoms with Gasteiger partial charge >= 0.3 is 0 Å². The number of rotatable bonds is 16. The van der Waals surface area contributed by atoms with Gasteiger partial charge in [0, 0.05) is 38.8 Å². The van der Waals surface area contributed by atoms with Gasteiger partial charge < -0.3 is 30.3 Å². The van der Waals surface area contributed by atoms with Crippen molar-refractivity contribution in [2.75, 3.05) is 20.6 Å². The summed E-state index contributed by atoms with van der Waals surface area (Å²) < 4.78 is 0. The van der Waals surface area contributed by atoms with Crippen molar-refractivity contribution in [3.63, 3.8) is 0 Å². The molecule has 1 aliphatic carbocycles. The number of benzene rings is 1. The van der Waals surface area contributed by atoms with E-state index in [-0.39, 0.29) is 43.0 Å². The number of nitrogens with zero attached hydrogens (tertiary/aromatic N) is 3. The van der Waals surface area contributed by atoms with Crippen molar-refractivity contribution >= 4 is 17.7 Å². The number of carbonyl (C=O) groups excluding carboxylic acids is 3. The Morgan fingerprint density at radius 3 is 2.30 bits per heavy atom. The SMILES string of the molecule is CC(C)C[C@H](O)[C@H](O)[C@H](CC1CCCCC1)NC(=O)[C@H](CC(=O)N(CC(=O)N(C)C)[C@@H](C)c1ccccc1)Cc1cnc[nH]1. The molecule has 0 radical (unpaired) electrons. The molecule has 5 atom stereocenters. The highest BCUT2D eigenvalue weighted by Gasteiger charge is 2.35. The number of H-pyrrole nitrogens is 1. The highest BCUT2D eigenvalue weighted by Crippen LogP contribution is 2.29. The molecule has 0 saturated heterocycles. The zero-order valence-electron chi connectivity index (χ0n) is 27.1. The first kappa shape index (κ1) is 35.2. The lowest BCUT2D eigenvalue weighted by Gasteiger charge is -2.34.